The number of benzene rings is 3. The lowest BCUT2D eigenvalue weighted by Gasteiger charge is -2.12. The maximum absolute atomic E-state index is 12.5. The van der Waals surface area contributed by atoms with Gasteiger partial charge in [-0.2, -0.15) is 0 Å². The molecule has 1 amide bonds. The number of amides is 1. The van der Waals surface area contributed by atoms with Gasteiger partial charge in [-0.05, 0) is 41.3 Å². The van der Waals surface area contributed by atoms with Crippen molar-refractivity contribution in [2.24, 2.45) is 0 Å². The molecular formula is C23H21NO6. The molecule has 3 aromatic carbocycles. The Morgan fingerprint density at radius 2 is 1.53 bits per heavy atom. The average molecular weight is 407 g/mol. The fourth-order valence-corrected chi connectivity index (χ4v) is 3.14. The third-order valence-electron chi connectivity index (χ3n) is 4.56. The van der Waals surface area contributed by atoms with Crippen LogP contribution in [0, 0.1) is 0 Å². The molecule has 0 fully saturated rings. The summed E-state index contributed by atoms with van der Waals surface area (Å²) in [6.07, 6.45) is 0.259. The number of aryl methyl sites for hydroxylation is 1. The second-order valence-electron chi connectivity index (χ2n) is 6.85. The van der Waals surface area contributed by atoms with Gasteiger partial charge in [-0.3, -0.25) is 9.59 Å². The minimum Gasteiger partial charge on any atom is -0.504 e. The number of anilines is 1. The molecule has 3 rings (SSSR count). The molecule has 0 bridgehead atoms. The zero-order chi connectivity index (χ0) is 21.7. The van der Waals surface area contributed by atoms with Crippen LogP contribution >= 0.6 is 0 Å². The summed E-state index contributed by atoms with van der Waals surface area (Å²) in [7, 11) is 0. The zero-order valence-corrected chi connectivity index (χ0v) is 16.0. The molecule has 154 valence electrons. The van der Waals surface area contributed by atoms with Crippen LogP contribution in [0.3, 0.4) is 0 Å². The molecule has 0 saturated carbocycles. The standard InChI is InChI=1S/C23H21NO6/c25-19-11-15(12-20(26)23(19)30)8-9-21(27)24-18-7-2-1-6-17(18)16-5-3-4-14(10-16)13-22(28)29/h1-7,10-12,25-26,30H,8-9,13H2,(H,24,27)(H,28,29). The lowest BCUT2D eigenvalue weighted by atomic mass is 10.00. The first-order valence-electron chi connectivity index (χ1n) is 9.27. The summed E-state index contributed by atoms with van der Waals surface area (Å²) in [4.78, 5) is 23.4. The van der Waals surface area contributed by atoms with Gasteiger partial charge in [0.05, 0.1) is 6.42 Å². The molecule has 0 spiro atoms. The van der Waals surface area contributed by atoms with E-state index in [0.29, 0.717) is 16.8 Å². The van der Waals surface area contributed by atoms with Gasteiger partial charge in [0.25, 0.3) is 0 Å². The lowest BCUT2D eigenvalue weighted by Crippen LogP contribution is -2.13. The predicted octanol–water partition coefficient (Wildman–Crippen LogP) is 3.67. The SMILES string of the molecule is O=C(O)Cc1cccc(-c2ccccc2NC(=O)CCc2cc(O)c(O)c(O)c2)c1. The minimum absolute atomic E-state index is 0.0886. The van der Waals surface area contributed by atoms with Crippen LogP contribution < -0.4 is 5.32 Å². The molecule has 0 aliphatic heterocycles. The van der Waals surface area contributed by atoms with Crippen molar-refractivity contribution in [2.45, 2.75) is 19.3 Å². The van der Waals surface area contributed by atoms with E-state index in [-0.39, 0.29) is 25.2 Å². The number of phenols is 3. The number of rotatable bonds is 7. The molecular weight excluding hydrogens is 386 g/mol. The summed E-state index contributed by atoms with van der Waals surface area (Å²) in [5.41, 5.74) is 3.31. The second-order valence-corrected chi connectivity index (χ2v) is 6.85. The normalized spacial score (nSPS) is 10.5. The number of para-hydroxylation sites is 1. The van der Waals surface area contributed by atoms with Gasteiger partial charge >= 0.3 is 5.97 Å². The van der Waals surface area contributed by atoms with Gasteiger partial charge in [0, 0.05) is 17.7 Å². The van der Waals surface area contributed by atoms with Crippen molar-refractivity contribution in [3.8, 4) is 28.4 Å². The molecule has 0 aliphatic rings. The number of carbonyl (C=O) groups is 2. The van der Waals surface area contributed by atoms with Crippen molar-refractivity contribution in [1.82, 2.24) is 0 Å². The highest BCUT2D eigenvalue weighted by molar-refractivity contribution is 5.95. The molecule has 0 aromatic heterocycles. The van der Waals surface area contributed by atoms with Crippen LogP contribution in [0.1, 0.15) is 17.5 Å². The number of carboxylic acid groups (broad SMARTS) is 1. The van der Waals surface area contributed by atoms with Crippen LogP contribution in [0.15, 0.2) is 60.7 Å². The summed E-state index contributed by atoms with van der Waals surface area (Å²) in [6.45, 7) is 0. The fourth-order valence-electron chi connectivity index (χ4n) is 3.14. The molecule has 0 atom stereocenters. The number of phenolic OH excluding ortho intramolecular Hbond substituents is 3. The number of carboxylic acids is 1. The lowest BCUT2D eigenvalue weighted by molar-refractivity contribution is -0.136. The van der Waals surface area contributed by atoms with Crippen molar-refractivity contribution in [2.75, 3.05) is 5.32 Å². The Kier molecular flexibility index (Phi) is 6.22. The molecule has 5 N–H and O–H groups in total. The highest BCUT2D eigenvalue weighted by atomic mass is 16.4. The van der Waals surface area contributed by atoms with Crippen LogP contribution in [0.2, 0.25) is 0 Å². The molecule has 0 aliphatic carbocycles. The van der Waals surface area contributed by atoms with E-state index < -0.39 is 23.2 Å². The average Bonchev–Trinajstić information content (AvgIpc) is 2.70. The van der Waals surface area contributed by atoms with E-state index in [4.69, 9.17) is 5.11 Å². The first-order valence-corrected chi connectivity index (χ1v) is 9.27. The molecule has 7 nitrogen and oxygen atoms in total. The van der Waals surface area contributed by atoms with Gasteiger partial charge in [-0.1, -0.05) is 42.5 Å². The van der Waals surface area contributed by atoms with Crippen molar-refractivity contribution >= 4 is 17.6 Å². The van der Waals surface area contributed by atoms with E-state index in [1.807, 2.05) is 18.2 Å². The Hall–Kier alpha value is -4.00. The predicted molar refractivity (Wildman–Crippen MR) is 112 cm³/mol. The Labute approximate surface area is 172 Å². The number of nitrogens with one attached hydrogen (secondary N) is 1. The molecule has 0 heterocycles. The van der Waals surface area contributed by atoms with Gasteiger partial charge in [-0.25, -0.2) is 0 Å². The van der Waals surface area contributed by atoms with Crippen LogP contribution in [-0.4, -0.2) is 32.3 Å². The minimum atomic E-state index is -0.917. The quantitative estimate of drug-likeness (QED) is 0.380. The first kappa shape index (κ1) is 20.7. The maximum Gasteiger partial charge on any atom is 0.307 e. The van der Waals surface area contributed by atoms with E-state index in [0.717, 1.165) is 11.1 Å². The summed E-state index contributed by atoms with van der Waals surface area (Å²) in [5, 5.41) is 40.4. The Bertz CT molecular complexity index is 1070. The Morgan fingerprint density at radius 3 is 2.23 bits per heavy atom. The summed E-state index contributed by atoms with van der Waals surface area (Å²) in [5.74, 6) is -2.67. The second kappa shape index (κ2) is 9.00. The Balaban J connectivity index is 1.73. The number of aliphatic carboxylic acids is 1. The van der Waals surface area contributed by atoms with Crippen molar-refractivity contribution in [3.63, 3.8) is 0 Å². The fraction of sp³-hybridized carbons (Fsp3) is 0.130. The highest BCUT2D eigenvalue weighted by Crippen LogP contribution is 2.35. The van der Waals surface area contributed by atoms with E-state index in [1.165, 1.54) is 12.1 Å². The van der Waals surface area contributed by atoms with Crippen LogP contribution in [0.4, 0.5) is 5.69 Å². The van der Waals surface area contributed by atoms with Crippen LogP contribution in [0.5, 0.6) is 17.2 Å². The van der Waals surface area contributed by atoms with Gasteiger partial charge in [0.1, 0.15) is 0 Å². The number of hydrogen-bond donors (Lipinski definition) is 5. The number of hydrogen-bond acceptors (Lipinski definition) is 5. The van der Waals surface area contributed by atoms with Gasteiger partial charge in [0.2, 0.25) is 5.91 Å². The molecule has 0 radical (unpaired) electrons. The molecule has 0 saturated heterocycles. The smallest absolute Gasteiger partial charge is 0.307 e. The van der Waals surface area contributed by atoms with Gasteiger partial charge in [0.15, 0.2) is 17.2 Å². The third kappa shape index (κ3) is 5.08. The van der Waals surface area contributed by atoms with E-state index in [1.54, 1.807) is 30.3 Å². The zero-order valence-electron chi connectivity index (χ0n) is 16.0. The van der Waals surface area contributed by atoms with Crippen molar-refractivity contribution in [1.29, 1.82) is 0 Å². The largest absolute Gasteiger partial charge is 0.504 e. The monoisotopic (exact) mass is 407 g/mol. The molecule has 7 heteroatoms. The Morgan fingerprint density at radius 1 is 0.833 bits per heavy atom. The molecule has 0 unspecified atom stereocenters. The number of aromatic hydroxyl groups is 3. The first-order chi connectivity index (χ1) is 14.3. The highest BCUT2D eigenvalue weighted by Gasteiger charge is 2.12. The van der Waals surface area contributed by atoms with E-state index in [9.17, 15) is 24.9 Å². The van der Waals surface area contributed by atoms with Crippen molar-refractivity contribution < 1.29 is 30.0 Å². The third-order valence-corrected chi connectivity index (χ3v) is 4.56. The van der Waals surface area contributed by atoms with E-state index >= 15 is 0 Å². The maximum atomic E-state index is 12.5. The van der Waals surface area contributed by atoms with E-state index in [2.05, 4.69) is 5.32 Å². The topological polar surface area (TPSA) is 127 Å². The molecule has 30 heavy (non-hydrogen) atoms. The summed E-state index contributed by atoms with van der Waals surface area (Å²) >= 11 is 0. The number of carbonyl (C=O) groups excluding carboxylic acids is 1. The summed E-state index contributed by atoms with van der Waals surface area (Å²) in [6, 6.07) is 16.9. The van der Waals surface area contributed by atoms with Gasteiger partial charge in [-0.15, -0.1) is 0 Å². The van der Waals surface area contributed by atoms with Crippen LogP contribution in [-0.2, 0) is 22.4 Å². The molecule has 3 aromatic rings. The van der Waals surface area contributed by atoms with Crippen LogP contribution in [0.25, 0.3) is 11.1 Å². The van der Waals surface area contributed by atoms with Gasteiger partial charge < -0.3 is 25.7 Å². The summed E-state index contributed by atoms with van der Waals surface area (Å²) < 4.78 is 0. The van der Waals surface area contributed by atoms with Crippen molar-refractivity contribution in [3.05, 3.63) is 71.8 Å².